The molecule has 3 rings (SSSR count). The van der Waals surface area contributed by atoms with Gasteiger partial charge in [-0.15, -0.1) is 0 Å². The van der Waals surface area contributed by atoms with Gasteiger partial charge in [0, 0.05) is 6.42 Å². The molecule has 0 heterocycles. The fourth-order valence-electron chi connectivity index (χ4n) is 2.14. The lowest BCUT2D eigenvalue weighted by Crippen LogP contribution is -1.95. The van der Waals surface area contributed by atoms with Crippen molar-refractivity contribution in [3.05, 3.63) is 108 Å². The van der Waals surface area contributed by atoms with Crippen LogP contribution in [0.4, 0.5) is 0 Å². The van der Waals surface area contributed by atoms with E-state index in [-0.39, 0.29) is 0 Å². The Bertz CT molecular complexity index is 657. The highest BCUT2D eigenvalue weighted by Gasteiger charge is 1.98. The molecular weight excluding hydrogens is 256 g/mol. The van der Waals surface area contributed by atoms with Crippen molar-refractivity contribution in [3.63, 3.8) is 0 Å². The summed E-state index contributed by atoms with van der Waals surface area (Å²) < 4.78 is 5.74. The van der Waals surface area contributed by atoms with Crippen molar-refractivity contribution in [2.75, 3.05) is 0 Å². The summed E-state index contributed by atoms with van der Waals surface area (Å²) in [4.78, 5) is 0. The predicted molar refractivity (Wildman–Crippen MR) is 86.2 cm³/mol. The minimum absolute atomic E-state index is 0.593. The summed E-state index contributed by atoms with van der Waals surface area (Å²) in [6.45, 7) is 0.593. The molecule has 3 aromatic rings. The van der Waals surface area contributed by atoms with Gasteiger partial charge in [0.2, 0.25) is 0 Å². The fraction of sp³-hybridized carbons (Fsp3) is 0.0500. The zero-order valence-corrected chi connectivity index (χ0v) is 11.8. The highest BCUT2D eigenvalue weighted by Crippen LogP contribution is 2.15. The second-order valence-electron chi connectivity index (χ2n) is 4.90. The van der Waals surface area contributed by atoms with Gasteiger partial charge in [-0.1, -0.05) is 72.8 Å². The van der Waals surface area contributed by atoms with Crippen molar-refractivity contribution in [3.8, 4) is 5.75 Å². The average Bonchev–Trinajstić information content (AvgIpc) is 2.56. The van der Waals surface area contributed by atoms with Gasteiger partial charge in [0.15, 0.2) is 0 Å². The molecule has 1 radical (unpaired) electrons. The number of hydrogen-bond acceptors (Lipinski definition) is 1. The monoisotopic (exact) mass is 273 g/mol. The zero-order chi connectivity index (χ0) is 14.3. The molecule has 0 saturated carbocycles. The molecule has 0 atom stereocenters. The number of ether oxygens (including phenoxy) is 1. The van der Waals surface area contributed by atoms with E-state index in [0.29, 0.717) is 6.61 Å². The van der Waals surface area contributed by atoms with E-state index in [2.05, 4.69) is 42.8 Å². The van der Waals surface area contributed by atoms with Gasteiger partial charge in [-0.3, -0.25) is 0 Å². The molecule has 0 aliphatic heterocycles. The van der Waals surface area contributed by atoms with Crippen molar-refractivity contribution >= 4 is 0 Å². The molecule has 1 nitrogen and oxygen atoms in total. The van der Waals surface area contributed by atoms with Crippen LogP contribution in [-0.2, 0) is 6.61 Å². The molecule has 0 amide bonds. The fourth-order valence-corrected chi connectivity index (χ4v) is 2.14. The molecule has 0 aliphatic carbocycles. The maximum Gasteiger partial charge on any atom is 0.119 e. The third kappa shape index (κ3) is 3.96. The predicted octanol–water partition coefficient (Wildman–Crippen LogP) is 4.87. The third-order valence-corrected chi connectivity index (χ3v) is 3.26. The van der Waals surface area contributed by atoms with E-state index in [1.807, 2.05) is 48.5 Å². The van der Waals surface area contributed by atoms with Crippen molar-refractivity contribution in [2.24, 2.45) is 0 Å². The summed E-state index contributed by atoms with van der Waals surface area (Å²) in [6, 6.07) is 28.7. The maximum absolute atomic E-state index is 5.74. The Morgan fingerprint density at radius 2 is 1.19 bits per heavy atom. The molecule has 21 heavy (non-hydrogen) atoms. The molecule has 0 unspecified atom stereocenters. The van der Waals surface area contributed by atoms with Crippen LogP contribution < -0.4 is 4.74 Å². The SMILES string of the molecule is [CH](c1ccccc1)c1ccc(COc2ccccc2)cc1. The van der Waals surface area contributed by atoms with Crippen LogP contribution in [0.15, 0.2) is 84.9 Å². The van der Waals surface area contributed by atoms with Crippen LogP contribution in [0.25, 0.3) is 0 Å². The molecule has 0 N–H and O–H groups in total. The zero-order valence-electron chi connectivity index (χ0n) is 11.8. The average molecular weight is 273 g/mol. The lowest BCUT2D eigenvalue weighted by Gasteiger charge is -2.07. The molecule has 0 fully saturated rings. The van der Waals surface area contributed by atoms with Gasteiger partial charge >= 0.3 is 0 Å². The van der Waals surface area contributed by atoms with Gasteiger partial charge in [-0.05, 0) is 28.8 Å². The van der Waals surface area contributed by atoms with Gasteiger partial charge in [-0.25, -0.2) is 0 Å². The molecule has 0 saturated heterocycles. The van der Waals surface area contributed by atoms with Gasteiger partial charge in [0.05, 0.1) is 0 Å². The first-order chi connectivity index (χ1) is 10.4. The third-order valence-electron chi connectivity index (χ3n) is 3.26. The van der Waals surface area contributed by atoms with Gasteiger partial charge in [-0.2, -0.15) is 0 Å². The quantitative estimate of drug-likeness (QED) is 0.644. The van der Waals surface area contributed by atoms with Crippen molar-refractivity contribution in [1.82, 2.24) is 0 Å². The number of benzene rings is 3. The van der Waals surface area contributed by atoms with Crippen LogP contribution in [0.1, 0.15) is 16.7 Å². The molecule has 0 aromatic heterocycles. The largest absolute Gasteiger partial charge is 0.489 e. The molecule has 0 spiro atoms. The van der Waals surface area contributed by atoms with Crippen molar-refractivity contribution in [2.45, 2.75) is 6.61 Å². The highest BCUT2D eigenvalue weighted by molar-refractivity contribution is 5.37. The Morgan fingerprint density at radius 1 is 0.619 bits per heavy atom. The standard InChI is InChI=1S/C20H17O/c1-3-7-17(8-4-1)15-18-11-13-19(14-12-18)16-21-20-9-5-2-6-10-20/h1-15H,16H2. The highest BCUT2D eigenvalue weighted by atomic mass is 16.5. The normalized spacial score (nSPS) is 10.3. The minimum atomic E-state index is 0.593. The Kier molecular flexibility index (Phi) is 4.33. The summed E-state index contributed by atoms with van der Waals surface area (Å²) in [5.74, 6) is 0.900. The maximum atomic E-state index is 5.74. The van der Waals surface area contributed by atoms with E-state index in [9.17, 15) is 0 Å². The van der Waals surface area contributed by atoms with E-state index < -0.39 is 0 Å². The van der Waals surface area contributed by atoms with Crippen molar-refractivity contribution < 1.29 is 4.74 Å². The number of para-hydroxylation sites is 1. The first-order valence-electron chi connectivity index (χ1n) is 7.07. The van der Waals surface area contributed by atoms with Crippen LogP contribution in [0.3, 0.4) is 0 Å². The van der Waals surface area contributed by atoms with Crippen LogP contribution in [-0.4, -0.2) is 0 Å². The van der Waals surface area contributed by atoms with Gasteiger partial charge in [0.25, 0.3) is 0 Å². The van der Waals surface area contributed by atoms with E-state index >= 15 is 0 Å². The van der Waals surface area contributed by atoms with E-state index in [1.54, 1.807) is 0 Å². The topological polar surface area (TPSA) is 9.23 Å². The minimum Gasteiger partial charge on any atom is -0.489 e. The molecule has 1 heteroatoms. The molecule has 0 aliphatic rings. The molecule has 3 aromatic carbocycles. The molecule has 103 valence electrons. The summed E-state index contributed by atoms with van der Waals surface area (Å²) in [5, 5.41) is 0. The summed E-state index contributed by atoms with van der Waals surface area (Å²) in [5.41, 5.74) is 3.58. The summed E-state index contributed by atoms with van der Waals surface area (Å²) in [7, 11) is 0. The molecule has 0 bridgehead atoms. The van der Waals surface area contributed by atoms with Crippen LogP contribution in [0, 0.1) is 6.42 Å². The first kappa shape index (κ1) is 13.4. The van der Waals surface area contributed by atoms with Crippen LogP contribution in [0.2, 0.25) is 0 Å². The smallest absolute Gasteiger partial charge is 0.119 e. The van der Waals surface area contributed by atoms with E-state index in [4.69, 9.17) is 4.74 Å². The second-order valence-corrected chi connectivity index (χ2v) is 4.90. The number of hydrogen-bond donors (Lipinski definition) is 0. The Hall–Kier alpha value is -2.54. The van der Waals surface area contributed by atoms with E-state index in [1.165, 1.54) is 16.7 Å². The molecular formula is C20H17O. The number of rotatable bonds is 5. The van der Waals surface area contributed by atoms with Crippen molar-refractivity contribution in [1.29, 1.82) is 0 Å². The van der Waals surface area contributed by atoms with Crippen LogP contribution in [0.5, 0.6) is 5.75 Å². The second kappa shape index (κ2) is 6.76. The first-order valence-corrected chi connectivity index (χ1v) is 7.07. The van der Waals surface area contributed by atoms with Gasteiger partial charge in [0.1, 0.15) is 12.4 Å². The van der Waals surface area contributed by atoms with Gasteiger partial charge < -0.3 is 4.74 Å². The Morgan fingerprint density at radius 3 is 1.86 bits per heavy atom. The Labute approximate surface area is 125 Å². The Balaban J connectivity index is 1.59. The van der Waals surface area contributed by atoms with Crippen LogP contribution >= 0.6 is 0 Å². The lowest BCUT2D eigenvalue weighted by atomic mass is 10.0. The summed E-state index contributed by atoms with van der Waals surface area (Å²) >= 11 is 0. The summed E-state index contributed by atoms with van der Waals surface area (Å²) in [6.07, 6.45) is 2.17. The van der Waals surface area contributed by atoms with E-state index in [0.717, 1.165) is 5.75 Å². The lowest BCUT2D eigenvalue weighted by molar-refractivity contribution is 0.306.